The number of carbonyl (C=O) groups excluding carboxylic acids is 1. The largest absolute Gasteiger partial charge is 0.497 e. The van der Waals surface area contributed by atoms with Crippen LogP contribution in [-0.2, 0) is 9.53 Å². The monoisotopic (exact) mass is 405 g/mol. The van der Waals surface area contributed by atoms with Crippen molar-refractivity contribution in [2.24, 2.45) is 5.10 Å². The number of ether oxygens (including phenoxy) is 3. The minimum absolute atomic E-state index is 0.243. The van der Waals surface area contributed by atoms with Crippen molar-refractivity contribution in [1.82, 2.24) is 9.99 Å². The van der Waals surface area contributed by atoms with E-state index >= 15 is 0 Å². The van der Waals surface area contributed by atoms with Gasteiger partial charge in [0.25, 0.3) is 0 Å². The highest BCUT2D eigenvalue weighted by molar-refractivity contribution is 9.10. The van der Waals surface area contributed by atoms with Crippen LogP contribution in [0.25, 0.3) is 0 Å². The number of benzene rings is 1. The highest BCUT2D eigenvalue weighted by Crippen LogP contribution is 2.34. The standard InChI is InChI=1S/C17H16BrN3O4/c1-10(22)21-17(11-6-12(18)9-19-8-11)25-16(20-21)14-5-4-13(23-2)7-15(14)24-3/h4-9,17H,1-3H3. The third-order valence-electron chi connectivity index (χ3n) is 3.62. The van der Waals surface area contributed by atoms with Crippen molar-refractivity contribution in [2.45, 2.75) is 13.2 Å². The van der Waals surface area contributed by atoms with E-state index in [1.165, 1.54) is 11.9 Å². The number of hydrazone groups is 1. The van der Waals surface area contributed by atoms with E-state index in [-0.39, 0.29) is 5.91 Å². The fourth-order valence-electron chi connectivity index (χ4n) is 2.43. The molecule has 1 aromatic heterocycles. The molecule has 0 fully saturated rings. The van der Waals surface area contributed by atoms with Crippen LogP contribution in [0.15, 0.2) is 46.2 Å². The molecule has 25 heavy (non-hydrogen) atoms. The van der Waals surface area contributed by atoms with E-state index in [2.05, 4.69) is 26.0 Å². The Hall–Kier alpha value is -2.61. The van der Waals surface area contributed by atoms with Crippen LogP contribution in [0.3, 0.4) is 0 Å². The second-order valence-corrected chi connectivity index (χ2v) is 6.16. The van der Waals surface area contributed by atoms with Gasteiger partial charge in [-0.3, -0.25) is 9.78 Å². The van der Waals surface area contributed by atoms with Crippen molar-refractivity contribution in [3.8, 4) is 11.5 Å². The Balaban J connectivity index is 1.99. The molecule has 2 heterocycles. The van der Waals surface area contributed by atoms with Crippen LogP contribution in [-0.4, -0.2) is 36.0 Å². The first-order valence-corrected chi connectivity index (χ1v) is 8.20. The van der Waals surface area contributed by atoms with Gasteiger partial charge in [-0.15, -0.1) is 5.10 Å². The minimum atomic E-state index is -0.690. The zero-order chi connectivity index (χ0) is 18.0. The van der Waals surface area contributed by atoms with Crippen LogP contribution in [0, 0.1) is 0 Å². The number of pyridine rings is 1. The molecule has 3 rings (SSSR count). The van der Waals surface area contributed by atoms with Gasteiger partial charge in [-0.2, -0.15) is 5.01 Å². The number of hydrogen-bond acceptors (Lipinski definition) is 6. The predicted molar refractivity (Wildman–Crippen MR) is 94.4 cm³/mol. The second kappa shape index (κ2) is 7.10. The van der Waals surface area contributed by atoms with Crippen molar-refractivity contribution in [3.63, 3.8) is 0 Å². The number of rotatable bonds is 4. The van der Waals surface area contributed by atoms with Crippen LogP contribution >= 0.6 is 15.9 Å². The topological polar surface area (TPSA) is 73.2 Å². The van der Waals surface area contributed by atoms with Crippen LogP contribution in [0.5, 0.6) is 11.5 Å². The zero-order valence-electron chi connectivity index (χ0n) is 13.9. The maximum atomic E-state index is 12.0. The third kappa shape index (κ3) is 3.43. The smallest absolute Gasteiger partial charge is 0.244 e. The van der Waals surface area contributed by atoms with Gasteiger partial charge in [0, 0.05) is 35.4 Å². The Bertz CT molecular complexity index is 840. The van der Waals surface area contributed by atoms with E-state index in [4.69, 9.17) is 14.2 Å². The number of aromatic nitrogens is 1. The van der Waals surface area contributed by atoms with Gasteiger partial charge < -0.3 is 14.2 Å². The average molecular weight is 406 g/mol. The summed E-state index contributed by atoms with van der Waals surface area (Å²) in [7, 11) is 3.12. The molecule has 0 spiro atoms. The second-order valence-electron chi connectivity index (χ2n) is 5.24. The first kappa shape index (κ1) is 17.2. The van der Waals surface area contributed by atoms with Crippen LogP contribution < -0.4 is 9.47 Å². The number of halogens is 1. The van der Waals surface area contributed by atoms with E-state index in [1.54, 1.807) is 44.8 Å². The molecule has 1 aromatic carbocycles. The van der Waals surface area contributed by atoms with Crippen molar-refractivity contribution in [2.75, 3.05) is 14.2 Å². The van der Waals surface area contributed by atoms with Gasteiger partial charge in [0.2, 0.25) is 18.0 Å². The zero-order valence-corrected chi connectivity index (χ0v) is 15.5. The quantitative estimate of drug-likeness (QED) is 0.780. The number of hydrogen-bond donors (Lipinski definition) is 0. The summed E-state index contributed by atoms with van der Waals surface area (Å²) < 4.78 is 17.3. The normalized spacial score (nSPS) is 16.2. The maximum absolute atomic E-state index is 12.0. The van der Waals surface area contributed by atoms with E-state index in [0.29, 0.717) is 28.5 Å². The molecule has 0 bridgehead atoms. The molecule has 7 nitrogen and oxygen atoms in total. The van der Waals surface area contributed by atoms with Gasteiger partial charge in [-0.05, 0) is 34.1 Å². The lowest BCUT2D eigenvalue weighted by Crippen LogP contribution is -2.25. The van der Waals surface area contributed by atoms with E-state index < -0.39 is 6.23 Å². The minimum Gasteiger partial charge on any atom is -0.497 e. The Morgan fingerprint density at radius 1 is 1.24 bits per heavy atom. The Labute approximate surface area is 153 Å². The molecule has 1 aliphatic rings. The lowest BCUT2D eigenvalue weighted by atomic mass is 10.2. The van der Waals surface area contributed by atoms with Gasteiger partial charge in [-0.1, -0.05) is 0 Å². The fraction of sp³-hybridized carbons (Fsp3) is 0.235. The predicted octanol–water partition coefficient (Wildman–Crippen LogP) is 3.10. The van der Waals surface area contributed by atoms with Crippen molar-refractivity contribution >= 4 is 27.7 Å². The fourth-order valence-corrected chi connectivity index (χ4v) is 2.81. The first-order valence-electron chi connectivity index (χ1n) is 7.41. The summed E-state index contributed by atoms with van der Waals surface area (Å²) in [5.41, 5.74) is 1.33. The summed E-state index contributed by atoms with van der Waals surface area (Å²) in [6.07, 6.45) is 2.60. The number of amides is 1. The molecule has 0 N–H and O–H groups in total. The van der Waals surface area contributed by atoms with E-state index in [1.807, 2.05) is 6.07 Å². The van der Waals surface area contributed by atoms with Crippen molar-refractivity contribution < 1.29 is 19.0 Å². The molecular weight excluding hydrogens is 390 g/mol. The average Bonchev–Trinajstić information content (AvgIpc) is 3.06. The number of nitrogens with zero attached hydrogens (tertiary/aromatic N) is 3. The Morgan fingerprint density at radius 3 is 2.68 bits per heavy atom. The Morgan fingerprint density at radius 2 is 2.04 bits per heavy atom. The lowest BCUT2D eigenvalue weighted by Gasteiger charge is -2.19. The summed E-state index contributed by atoms with van der Waals surface area (Å²) in [6.45, 7) is 1.43. The molecule has 1 atom stereocenters. The summed E-state index contributed by atoms with van der Waals surface area (Å²) in [6, 6.07) is 7.11. The molecule has 130 valence electrons. The van der Waals surface area contributed by atoms with Gasteiger partial charge in [-0.25, -0.2) is 0 Å². The molecular formula is C17H16BrN3O4. The van der Waals surface area contributed by atoms with Crippen molar-refractivity contribution in [3.05, 3.63) is 52.3 Å². The summed E-state index contributed by atoms with van der Waals surface area (Å²) in [5.74, 6) is 1.23. The first-order chi connectivity index (χ1) is 12.0. The molecule has 2 aromatic rings. The van der Waals surface area contributed by atoms with Crippen LogP contribution in [0.1, 0.15) is 24.3 Å². The summed E-state index contributed by atoms with van der Waals surface area (Å²) in [5, 5.41) is 5.60. The van der Waals surface area contributed by atoms with Gasteiger partial charge in [0.15, 0.2) is 0 Å². The molecule has 0 saturated heterocycles. The Kier molecular flexibility index (Phi) is 4.89. The molecule has 0 aliphatic carbocycles. The SMILES string of the molecule is COc1ccc(C2=NN(C(C)=O)C(c3cncc(Br)c3)O2)c(OC)c1. The molecule has 1 amide bonds. The molecule has 0 radical (unpaired) electrons. The van der Waals surface area contributed by atoms with E-state index in [9.17, 15) is 4.79 Å². The van der Waals surface area contributed by atoms with Gasteiger partial charge in [0.05, 0.1) is 19.8 Å². The molecule has 1 unspecified atom stereocenters. The third-order valence-corrected chi connectivity index (χ3v) is 4.05. The van der Waals surface area contributed by atoms with Gasteiger partial charge >= 0.3 is 0 Å². The van der Waals surface area contributed by atoms with Gasteiger partial charge in [0.1, 0.15) is 11.5 Å². The highest BCUT2D eigenvalue weighted by atomic mass is 79.9. The van der Waals surface area contributed by atoms with Crippen LogP contribution in [0.2, 0.25) is 0 Å². The summed E-state index contributed by atoms with van der Waals surface area (Å²) in [4.78, 5) is 16.1. The molecule has 1 aliphatic heterocycles. The van der Waals surface area contributed by atoms with Crippen molar-refractivity contribution in [1.29, 1.82) is 0 Å². The highest BCUT2D eigenvalue weighted by Gasteiger charge is 2.34. The molecule has 8 heteroatoms. The van der Waals surface area contributed by atoms with E-state index in [0.717, 1.165) is 4.47 Å². The maximum Gasteiger partial charge on any atom is 0.244 e. The molecule has 0 saturated carbocycles. The lowest BCUT2D eigenvalue weighted by molar-refractivity contribution is -0.135. The number of methoxy groups -OCH3 is 2. The van der Waals surface area contributed by atoms with Crippen LogP contribution in [0.4, 0.5) is 0 Å². The number of carbonyl (C=O) groups is 1. The summed E-state index contributed by atoms with van der Waals surface area (Å²) >= 11 is 3.37.